The second kappa shape index (κ2) is 9.28. The highest BCUT2D eigenvalue weighted by molar-refractivity contribution is 6.30. The Hall–Kier alpha value is -3.69. The number of amidine groups is 1. The van der Waals surface area contributed by atoms with Crippen LogP contribution in [0.3, 0.4) is 0 Å². The van der Waals surface area contributed by atoms with Crippen LogP contribution < -0.4 is 19.5 Å². The first-order valence-corrected chi connectivity index (χ1v) is 11.4. The Kier molecular flexibility index (Phi) is 6.04. The summed E-state index contributed by atoms with van der Waals surface area (Å²) < 4.78 is 16.6. The average Bonchev–Trinajstić information content (AvgIpc) is 3.50. The van der Waals surface area contributed by atoms with Gasteiger partial charge in [0.05, 0.1) is 39.6 Å². The average molecular weight is 462 g/mol. The second-order valence-electron chi connectivity index (χ2n) is 8.17. The van der Waals surface area contributed by atoms with Gasteiger partial charge in [-0.2, -0.15) is 0 Å². The van der Waals surface area contributed by atoms with Crippen LogP contribution in [0.2, 0.25) is 0 Å². The number of fused-ring (bicyclic) bond motifs is 1. The Morgan fingerprint density at radius 1 is 1.06 bits per heavy atom. The molecule has 0 radical (unpaired) electrons. The van der Waals surface area contributed by atoms with Crippen molar-refractivity contribution in [3.63, 3.8) is 0 Å². The first-order chi connectivity index (χ1) is 16.6. The van der Waals surface area contributed by atoms with E-state index in [-0.39, 0.29) is 10.7 Å². The zero-order valence-electron chi connectivity index (χ0n) is 19.6. The fraction of sp³-hybridized carbons (Fsp3) is 0.320. The summed E-state index contributed by atoms with van der Waals surface area (Å²) in [5, 5.41) is 10.7. The van der Waals surface area contributed by atoms with Gasteiger partial charge in [0.25, 0.3) is 5.96 Å². The molecule has 0 spiro atoms. The molecule has 9 nitrogen and oxygen atoms in total. The fourth-order valence-corrected chi connectivity index (χ4v) is 4.61. The van der Waals surface area contributed by atoms with E-state index in [1.54, 1.807) is 26.6 Å². The number of nitrogens with zero attached hydrogens (tertiary/aromatic N) is 5. The van der Waals surface area contributed by atoms with E-state index in [4.69, 9.17) is 24.3 Å². The number of guanidine groups is 1. The van der Waals surface area contributed by atoms with E-state index in [0.717, 1.165) is 36.7 Å². The highest BCUT2D eigenvalue weighted by atomic mass is 16.5. The minimum Gasteiger partial charge on any atom is -0.497 e. The van der Waals surface area contributed by atoms with Crippen LogP contribution in [0.5, 0.6) is 17.2 Å². The molecular formula is C25H29N6O3+. The normalized spacial score (nSPS) is 23.3. The number of rotatable bonds is 7. The maximum Gasteiger partial charge on any atom is 0.301 e. The predicted molar refractivity (Wildman–Crippen MR) is 132 cm³/mol. The molecule has 0 amide bonds. The highest BCUT2D eigenvalue weighted by Crippen LogP contribution is 2.40. The van der Waals surface area contributed by atoms with Crippen molar-refractivity contribution < 1.29 is 18.9 Å². The van der Waals surface area contributed by atoms with Crippen LogP contribution in [0.15, 0.2) is 70.0 Å². The van der Waals surface area contributed by atoms with Crippen molar-refractivity contribution in [1.82, 2.24) is 5.01 Å². The Balaban J connectivity index is 1.46. The lowest BCUT2D eigenvalue weighted by atomic mass is 10.1. The van der Waals surface area contributed by atoms with Gasteiger partial charge in [-0.15, -0.1) is 10.0 Å². The maximum atomic E-state index is 5.63. The molecule has 0 aliphatic carbocycles. The summed E-state index contributed by atoms with van der Waals surface area (Å²) in [4.78, 5) is 9.11. The minimum absolute atomic E-state index is 0.158. The molecule has 3 heterocycles. The van der Waals surface area contributed by atoms with Crippen LogP contribution in [0, 0.1) is 0 Å². The quantitative estimate of drug-likeness (QED) is 0.621. The van der Waals surface area contributed by atoms with E-state index in [1.807, 2.05) is 43.5 Å². The summed E-state index contributed by atoms with van der Waals surface area (Å²) in [6.45, 7) is 3.54. The number of nitrogens with one attached hydrogen (secondary N) is 1. The standard InChI is InChI=1S/C25H29N6O3/c1-4-34-20-9-7-18(8-10-20)23-6-5-12-30(23)31-13-11-26-17-24(31)28-25(29-31)27-19-14-21(32-2)16-22(15-19)33-3/h7-11,13-17,23H,4-6,12H2,1-3H3,(H,27,29)/q+1. The Morgan fingerprint density at radius 3 is 2.53 bits per heavy atom. The Labute approximate surface area is 199 Å². The van der Waals surface area contributed by atoms with Crippen molar-refractivity contribution in [2.75, 3.05) is 32.7 Å². The largest absolute Gasteiger partial charge is 0.497 e. The van der Waals surface area contributed by atoms with Crippen molar-refractivity contribution in [3.05, 3.63) is 60.4 Å². The SMILES string of the molecule is CCOc1ccc(C2CCCN2[N+]23C=CN=CC2=NC(Nc2cc(OC)cc(OC)c2)=N3)cc1. The predicted octanol–water partition coefficient (Wildman–Crippen LogP) is 4.32. The van der Waals surface area contributed by atoms with Crippen LogP contribution >= 0.6 is 0 Å². The number of aliphatic imine (C=N–C) groups is 2. The third kappa shape index (κ3) is 4.04. The molecule has 176 valence electrons. The van der Waals surface area contributed by atoms with Crippen molar-refractivity contribution in [1.29, 1.82) is 0 Å². The van der Waals surface area contributed by atoms with Gasteiger partial charge in [0, 0.05) is 23.9 Å². The van der Waals surface area contributed by atoms with Crippen LogP contribution in [0.25, 0.3) is 0 Å². The van der Waals surface area contributed by atoms with Crippen molar-refractivity contribution in [2.24, 2.45) is 15.1 Å². The summed E-state index contributed by atoms with van der Waals surface area (Å²) in [5.41, 5.74) is 2.01. The number of anilines is 1. The molecule has 5 rings (SSSR count). The molecule has 9 heteroatoms. The molecule has 2 aromatic rings. The summed E-state index contributed by atoms with van der Waals surface area (Å²) in [7, 11) is 3.25. The molecule has 3 aliphatic heterocycles. The van der Waals surface area contributed by atoms with E-state index in [1.165, 1.54) is 5.56 Å². The van der Waals surface area contributed by atoms with E-state index in [2.05, 4.69) is 27.5 Å². The van der Waals surface area contributed by atoms with Gasteiger partial charge in [0.2, 0.25) is 0 Å². The van der Waals surface area contributed by atoms with Crippen molar-refractivity contribution >= 4 is 23.7 Å². The molecule has 0 bridgehead atoms. The lowest BCUT2D eigenvalue weighted by Gasteiger charge is -2.36. The zero-order valence-corrected chi connectivity index (χ0v) is 19.6. The zero-order chi connectivity index (χ0) is 23.5. The molecule has 2 atom stereocenters. The molecule has 3 aliphatic rings. The Bertz CT molecular complexity index is 1150. The number of methoxy groups -OCH3 is 2. The van der Waals surface area contributed by atoms with Gasteiger partial charge in [0.1, 0.15) is 23.5 Å². The summed E-state index contributed by atoms with van der Waals surface area (Å²) in [6.07, 6.45) is 7.65. The van der Waals surface area contributed by atoms with Gasteiger partial charge >= 0.3 is 5.84 Å². The molecule has 1 fully saturated rings. The monoisotopic (exact) mass is 461 g/mol. The fourth-order valence-electron chi connectivity index (χ4n) is 4.61. The summed E-state index contributed by atoms with van der Waals surface area (Å²) >= 11 is 0. The third-order valence-electron chi connectivity index (χ3n) is 6.16. The van der Waals surface area contributed by atoms with E-state index < -0.39 is 0 Å². The van der Waals surface area contributed by atoms with Gasteiger partial charge in [-0.3, -0.25) is 4.99 Å². The number of ether oxygens (including phenoxy) is 3. The third-order valence-corrected chi connectivity index (χ3v) is 6.16. The van der Waals surface area contributed by atoms with Gasteiger partial charge in [-0.1, -0.05) is 12.1 Å². The maximum absolute atomic E-state index is 5.63. The van der Waals surface area contributed by atoms with Gasteiger partial charge in [0.15, 0.2) is 6.20 Å². The van der Waals surface area contributed by atoms with E-state index in [0.29, 0.717) is 24.1 Å². The smallest absolute Gasteiger partial charge is 0.301 e. The molecule has 0 aromatic heterocycles. The van der Waals surface area contributed by atoms with Crippen LogP contribution in [0.1, 0.15) is 31.4 Å². The molecule has 1 N–H and O–H groups in total. The Morgan fingerprint density at radius 2 is 1.82 bits per heavy atom. The molecule has 2 aromatic carbocycles. The summed E-state index contributed by atoms with van der Waals surface area (Å²) in [5.74, 6) is 3.51. The number of hydrogen-bond donors (Lipinski definition) is 1. The van der Waals surface area contributed by atoms with Crippen molar-refractivity contribution in [3.8, 4) is 17.2 Å². The number of benzene rings is 2. The number of quaternary nitrogens is 1. The van der Waals surface area contributed by atoms with Crippen LogP contribution in [-0.4, -0.2) is 55.1 Å². The number of hydrogen-bond acceptors (Lipinski definition) is 8. The lowest BCUT2D eigenvalue weighted by molar-refractivity contribution is -0.921. The first kappa shape index (κ1) is 22.1. The second-order valence-corrected chi connectivity index (χ2v) is 8.17. The lowest BCUT2D eigenvalue weighted by Crippen LogP contribution is -2.56. The topological polar surface area (TPSA) is 80.0 Å². The van der Waals surface area contributed by atoms with Crippen molar-refractivity contribution in [2.45, 2.75) is 25.8 Å². The highest BCUT2D eigenvalue weighted by Gasteiger charge is 2.51. The molecule has 1 saturated heterocycles. The van der Waals surface area contributed by atoms with E-state index in [9.17, 15) is 0 Å². The van der Waals surface area contributed by atoms with Gasteiger partial charge in [-0.25, -0.2) is 0 Å². The molecule has 2 unspecified atom stereocenters. The van der Waals surface area contributed by atoms with Gasteiger partial charge < -0.3 is 19.5 Å². The molecular weight excluding hydrogens is 432 g/mol. The molecule has 0 saturated carbocycles. The van der Waals surface area contributed by atoms with Gasteiger partial charge in [-0.05, 0) is 47.3 Å². The summed E-state index contributed by atoms with van der Waals surface area (Å²) in [6, 6.07) is 14.1. The molecule has 34 heavy (non-hydrogen) atoms. The van der Waals surface area contributed by atoms with E-state index >= 15 is 0 Å². The minimum atomic E-state index is 0.158. The first-order valence-electron chi connectivity index (χ1n) is 11.4. The van der Waals surface area contributed by atoms with Crippen LogP contribution in [0.4, 0.5) is 5.69 Å². The van der Waals surface area contributed by atoms with Crippen LogP contribution in [-0.2, 0) is 0 Å².